The van der Waals surface area contributed by atoms with Crippen molar-refractivity contribution in [1.82, 2.24) is 0 Å². The molecule has 1 rings (SSSR count). The van der Waals surface area contributed by atoms with E-state index in [1.165, 1.54) is 14.7 Å². The zero-order valence-electron chi connectivity index (χ0n) is 7.47. The summed E-state index contributed by atoms with van der Waals surface area (Å²) in [6.07, 6.45) is 1.93. The first-order chi connectivity index (χ1) is 5.65. The third-order valence-electron chi connectivity index (χ3n) is 1.89. The van der Waals surface area contributed by atoms with Gasteiger partial charge in [-0.3, -0.25) is 0 Å². The Balaban J connectivity index is 3.20. The lowest BCUT2D eigenvalue weighted by molar-refractivity contribution is 0.863. The van der Waals surface area contributed by atoms with Crippen molar-refractivity contribution in [3.05, 3.63) is 39.5 Å². The lowest BCUT2D eigenvalue weighted by Crippen LogP contribution is -1.91. The summed E-state index contributed by atoms with van der Waals surface area (Å²) < 4.78 is 1.27. The SMILES string of the molecule is C=Cc1cc(I)ccc1C(C)C. The van der Waals surface area contributed by atoms with Crippen molar-refractivity contribution in [1.29, 1.82) is 0 Å². The molecule has 0 radical (unpaired) electrons. The van der Waals surface area contributed by atoms with Crippen LogP contribution in [0.15, 0.2) is 24.8 Å². The minimum absolute atomic E-state index is 0.579. The van der Waals surface area contributed by atoms with Gasteiger partial charge in [0.1, 0.15) is 0 Å². The lowest BCUT2D eigenvalue weighted by atomic mass is 9.97. The first-order valence-electron chi connectivity index (χ1n) is 4.07. The first kappa shape index (κ1) is 9.78. The van der Waals surface area contributed by atoms with Crippen molar-refractivity contribution in [2.45, 2.75) is 19.8 Å². The molecule has 0 N–H and O–H groups in total. The second-order valence-electron chi connectivity index (χ2n) is 3.13. The summed E-state index contributed by atoms with van der Waals surface area (Å²) in [5, 5.41) is 0. The van der Waals surface area contributed by atoms with E-state index in [1.807, 2.05) is 6.08 Å². The van der Waals surface area contributed by atoms with Crippen LogP contribution in [0, 0.1) is 3.57 Å². The molecule has 1 heteroatoms. The minimum atomic E-state index is 0.579. The molecule has 0 aromatic heterocycles. The van der Waals surface area contributed by atoms with Gasteiger partial charge in [0, 0.05) is 3.57 Å². The summed E-state index contributed by atoms with van der Waals surface area (Å²) in [6, 6.07) is 6.50. The van der Waals surface area contributed by atoms with Gasteiger partial charge in [-0.15, -0.1) is 0 Å². The van der Waals surface area contributed by atoms with Crippen molar-refractivity contribution in [3.63, 3.8) is 0 Å². The van der Waals surface area contributed by atoms with Crippen molar-refractivity contribution in [2.24, 2.45) is 0 Å². The Morgan fingerprint density at radius 3 is 2.58 bits per heavy atom. The van der Waals surface area contributed by atoms with Crippen LogP contribution in [0.5, 0.6) is 0 Å². The fourth-order valence-electron chi connectivity index (χ4n) is 1.25. The van der Waals surface area contributed by atoms with Crippen LogP contribution in [0.4, 0.5) is 0 Å². The van der Waals surface area contributed by atoms with E-state index in [2.05, 4.69) is 61.2 Å². The fraction of sp³-hybridized carbons (Fsp3) is 0.273. The third-order valence-corrected chi connectivity index (χ3v) is 2.56. The summed E-state index contributed by atoms with van der Waals surface area (Å²) in [6.45, 7) is 8.22. The molecule has 0 spiro atoms. The molecule has 0 heterocycles. The highest BCUT2D eigenvalue weighted by Gasteiger charge is 2.03. The van der Waals surface area contributed by atoms with E-state index < -0.39 is 0 Å². The molecule has 0 fully saturated rings. The van der Waals surface area contributed by atoms with Crippen LogP contribution in [-0.4, -0.2) is 0 Å². The van der Waals surface area contributed by atoms with Crippen molar-refractivity contribution in [3.8, 4) is 0 Å². The highest BCUT2D eigenvalue weighted by atomic mass is 127. The average molecular weight is 272 g/mol. The molecular formula is C11H13I. The number of hydrogen-bond acceptors (Lipinski definition) is 0. The van der Waals surface area contributed by atoms with Gasteiger partial charge in [0.25, 0.3) is 0 Å². The average Bonchev–Trinajstić information content (AvgIpc) is 2.03. The topological polar surface area (TPSA) is 0 Å². The van der Waals surface area contributed by atoms with Crippen LogP contribution in [-0.2, 0) is 0 Å². The predicted octanol–water partition coefficient (Wildman–Crippen LogP) is 4.06. The maximum atomic E-state index is 3.81. The Morgan fingerprint density at radius 2 is 2.08 bits per heavy atom. The molecule has 0 atom stereocenters. The van der Waals surface area contributed by atoms with Crippen LogP contribution < -0.4 is 0 Å². The van der Waals surface area contributed by atoms with E-state index in [-0.39, 0.29) is 0 Å². The Bertz CT molecular complexity index is 287. The summed E-state index contributed by atoms with van der Waals surface area (Å²) >= 11 is 2.32. The van der Waals surface area contributed by atoms with E-state index in [0.717, 1.165) is 0 Å². The third kappa shape index (κ3) is 2.09. The van der Waals surface area contributed by atoms with E-state index in [4.69, 9.17) is 0 Å². The highest BCUT2D eigenvalue weighted by molar-refractivity contribution is 14.1. The molecule has 64 valence electrons. The Labute approximate surface area is 87.8 Å². The van der Waals surface area contributed by atoms with Gasteiger partial charge in [-0.1, -0.05) is 32.6 Å². The minimum Gasteiger partial charge on any atom is -0.0985 e. The van der Waals surface area contributed by atoms with Gasteiger partial charge in [-0.25, -0.2) is 0 Å². The van der Waals surface area contributed by atoms with Crippen LogP contribution in [0.25, 0.3) is 6.08 Å². The molecule has 0 nitrogen and oxygen atoms in total. The molecule has 0 saturated heterocycles. The second-order valence-corrected chi connectivity index (χ2v) is 4.38. The highest BCUT2D eigenvalue weighted by Crippen LogP contribution is 2.22. The largest absolute Gasteiger partial charge is 0.0985 e. The molecule has 0 saturated carbocycles. The molecule has 0 aliphatic rings. The van der Waals surface area contributed by atoms with Gasteiger partial charge in [-0.2, -0.15) is 0 Å². The predicted molar refractivity (Wildman–Crippen MR) is 63.3 cm³/mol. The van der Waals surface area contributed by atoms with Crippen molar-refractivity contribution < 1.29 is 0 Å². The van der Waals surface area contributed by atoms with Gasteiger partial charge < -0.3 is 0 Å². The van der Waals surface area contributed by atoms with Crippen LogP contribution in [0.2, 0.25) is 0 Å². The zero-order valence-corrected chi connectivity index (χ0v) is 9.63. The number of halogens is 1. The Kier molecular flexibility index (Phi) is 3.32. The van der Waals surface area contributed by atoms with Gasteiger partial charge in [0.05, 0.1) is 0 Å². The molecule has 0 amide bonds. The maximum absolute atomic E-state index is 3.81. The van der Waals surface area contributed by atoms with Crippen molar-refractivity contribution >= 4 is 28.7 Å². The molecular weight excluding hydrogens is 259 g/mol. The summed E-state index contributed by atoms with van der Waals surface area (Å²) in [5.74, 6) is 0.579. The number of rotatable bonds is 2. The molecule has 12 heavy (non-hydrogen) atoms. The van der Waals surface area contributed by atoms with Gasteiger partial charge in [-0.05, 0) is 51.8 Å². The quantitative estimate of drug-likeness (QED) is 0.712. The normalized spacial score (nSPS) is 10.3. The zero-order chi connectivity index (χ0) is 9.14. The smallest absolute Gasteiger partial charge is 0.0136 e. The van der Waals surface area contributed by atoms with E-state index >= 15 is 0 Å². The van der Waals surface area contributed by atoms with E-state index in [9.17, 15) is 0 Å². The molecule has 1 aromatic rings. The Morgan fingerprint density at radius 1 is 1.42 bits per heavy atom. The molecule has 0 aliphatic heterocycles. The number of hydrogen-bond donors (Lipinski definition) is 0. The Hall–Kier alpha value is -0.310. The lowest BCUT2D eigenvalue weighted by Gasteiger charge is -2.09. The summed E-state index contributed by atoms with van der Waals surface area (Å²) in [4.78, 5) is 0. The first-order valence-corrected chi connectivity index (χ1v) is 5.15. The molecule has 0 aliphatic carbocycles. The van der Waals surface area contributed by atoms with Crippen LogP contribution in [0.3, 0.4) is 0 Å². The molecule has 0 unspecified atom stereocenters. The molecule has 1 aromatic carbocycles. The standard InChI is InChI=1S/C11H13I/c1-4-9-7-10(12)5-6-11(9)8(2)3/h4-8H,1H2,2-3H3. The maximum Gasteiger partial charge on any atom is 0.0136 e. The monoisotopic (exact) mass is 272 g/mol. The van der Waals surface area contributed by atoms with Gasteiger partial charge >= 0.3 is 0 Å². The number of benzene rings is 1. The van der Waals surface area contributed by atoms with Crippen molar-refractivity contribution in [2.75, 3.05) is 0 Å². The van der Waals surface area contributed by atoms with E-state index in [0.29, 0.717) is 5.92 Å². The van der Waals surface area contributed by atoms with E-state index in [1.54, 1.807) is 0 Å². The fourth-order valence-corrected chi connectivity index (χ4v) is 1.76. The summed E-state index contributed by atoms with van der Waals surface area (Å²) in [5.41, 5.74) is 2.64. The summed E-state index contributed by atoms with van der Waals surface area (Å²) in [7, 11) is 0. The van der Waals surface area contributed by atoms with Crippen LogP contribution >= 0.6 is 22.6 Å². The molecule has 0 bridgehead atoms. The van der Waals surface area contributed by atoms with Gasteiger partial charge in [0.15, 0.2) is 0 Å². The second kappa shape index (κ2) is 4.08. The van der Waals surface area contributed by atoms with Crippen LogP contribution in [0.1, 0.15) is 30.9 Å². The van der Waals surface area contributed by atoms with Gasteiger partial charge in [0.2, 0.25) is 0 Å².